The van der Waals surface area contributed by atoms with Crippen molar-refractivity contribution in [3.8, 4) is 11.4 Å². The number of aromatic nitrogens is 3. The predicted molar refractivity (Wildman–Crippen MR) is 95.6 cm³/mol. The quantitative estimate of drug-likeness (QED) is 0.734. The van der Waals surface area contributed by atoms with Crippen LogP contribution in [0, 0.1) is 0 Å². The first-order valence-electron chi connectivity index (χ1n) is 8.27. The summed E-state index contributed by atoms with van der Waals surface area (Å²) in [6.07, 6.45) is -3.16. The molecule has 10 heteroatoms. The highest BCUT2D eigenvalue weighted by molar-refractivity contribution is 6.36. The maximum atomic E-state index is 12.4. The first-order chi connectivity index (χ1) is 12.9. The largest absolute Gasteiger partial charge is 0.573 e. The normalized spacial score (nSPS) is 15.3. The molecule has 1 N–H and O–H groups in total. The second-order valence-electron chi connectivity index (χ2n) is 6.01. The number of nitrogens with zero attached hydrogens (tertiary/aromatic N) is 4. The highest BCUT2D eigenvalue weighted by Gasteiger charge is 2.31. The third kappa shape index (κ3) is 3.65. The maximum Gasteiger partial charge on any atom is 0.573 e. The number of fused-ring (bicyclic) bond motifs is 1. The number of rotatable bonds is 3. The van der Waals surface area contributed by atoms with Crippen molar-refractivity contribution < 1.29 is 17.9 Å². The first-order valence-corrected chi connectivity index (χ1v) is 8.65. The molecule has 1 aliphatic heterocycles. The molecule has 1 saturated heterocycles. The van der Waals surface area contributed by atoms with E-state index in [0.717, 1.165) is 31.6 Å². The van der Waals surface area contributed by atoms with Crippen molar-refractivity contribution in [3.63, 3.8) is 0 Å². The van der Waals surface area contributed by atoms with Crippen LogP contribution >= 0.6 is 11.6 Å². The van der Waals surface area contributed by atoms with Crippen LogP contribution in [0.3, 0.4) is 0 Å². The van der Waals surface area contributed by atoms with Gasteiger partial charge in [0.2, 0.25) is 0 Å². The summed E-state index contributed by atoms with van der Waals surface area (Å²) in [6.45, 7) is 3.21. The highest BCUT2D eigenvalue weighted by Crippen LogP contribution is 2.33. The average Bonchev–Trinajstić information content (AvgIpc) is 3.03. The molecule has 0 spiro atoms. The van der Waals surface area contributed by atoms with E-state index in [9.17, 15) is 13.2 Å². The minimum atomic E-state index is -4.73. The number of ether oxygens (including phenoxy) is 1. The van der Waals surface area contributed by atoms with E-state index in [0.29, 0.717) is 22.2 Å². The molecule has 0 amide bonds. The Morgan fingerprint density at radius 1 is 1.07 bits per heavy atom. The van der Waals surface area contributed by atoms with Crippen molar-refractivity contribution in [3.05, 3.63) is 41.6 Å². The number of alkyl halides is 3. The van der Waals surface area contributed by atoms with Gasteiger partial charge in [-0.3, -0.25) is 0 Å². The van der Waals surface area contributed by atoms with Crippen LogP contribution < -0.4 is 15.0 Å². The summed E-state index contributed by atoms with van der Waals surface area (Å²) in [6, 6.07) is 7.17. The third-order valence-corrected chi connectivity index (χ3v) is 4.55. The fraction of sp³-hybridized carbons (Fsp3) is 0.294. The highest BCUT2D eigenvalue weighted by atomic mass is 35.5. The molecule has 3 heterocycles. The molecule has 3 aromatic rings. The summed E-state index contributed by atoms with van der Waals surface area (Å²) >= 11 is 6.40. The second kappa shape index (κ2) is 6.90. The minimum Gasteiger partial charge on any atom is -0.406 e. The van der Waals surface area contributed by atoms with Gasteiger partial charge in [-0.2, -0.15) is 0 Å². The lowest BCUT2D eigenvalue weighted by atomic mass is 10.2. The number of piperazine rings is 1. The van der Waals surface area contributed by atoms with Gasteiger partial charge in [0, 0.05) is 32.4 Å². The van der Waals surface area contributed by atoms with Gasteiger partial charge in [-0.05, 0) is 30.3 Å². The number of pyridine rings is 1. The van der Waals surface area contributed by atoms with E-state index < -0.39 is 6.36 Å². The predicted octanol–water partition coefficient (Wildman–Crippen LogP) is 3.38. The van der Waals surface area contributed by atoms with E-state index in [1.54, 1.807) is 16.9 Å². The molecule has 1 aromatic carbocycles. The lowest BCUT2D eigenvalue weighted by molar-refractivity contribution is -0.274. The van der Waals surface area contributed by atoms with Crippen molar-refractivity contribution >= 4 is 28.5 Å². The van der Waals surface area contributed by atoms with Crippen LogP contribution in [0.2, 0.25) is 5.02 Å². The van der Waals surface area contributed by atoms with Crippen molar-refractivity contribution in [2.24, 2.45) is 0 Å². The molecule has 0 atom stereocenters. The van der Waals surface area contributed by atoms with E-state index >= 15 is 0 Å². The van der Waals surface area contributed by atoms with Crippen LogP contribution in [0.25, 0.3) is 16.7 Å². The van der Waals surface area contributed by atoms with Crippen LogP contribution in [0.5, 0.6) is 5.75 Å². The Hall–Kier alpha value is -2.52. The second-order valence-corrected chi connectivity index (χ2v) is 6.41. The van der Waals surface area contributed by atoms with E-state index in [-0.39, 0.29) is 5.75 Å². The molecule has 0 bridgehead atoms. The third-order valence-electron chi connectivity index (χ3n) is 4.23. The zero-order chi connectivity index (χ0) is 19.0. The monoisotopic (exact) mass is 397 g/mol. The van der Waals surface area contributed by atoms with Crippen molar-refractivity contribution in [2.45, 2.75) is 6.36 Å². The molecule has 4 rings (SSSR count). The van der Waals surface area contributed by atoms with Crippen molar-refractivity contribution in [1.82, 2.24) is 20.1 Å². The van der Waals surface area contributed by atoms with E-state index in [1.807, 2.05) is 0 Å². The molecule has 0 saturated carbocycles. The van der Waals surface area contributed by atoms with Gasteiger partial charge in [0.15, 0.2) is 11.5 Å². The number of nitrogens with one attached hydrogen (secondary N) is 1. The molecule has 1 aliphatic rings. The van der Waals surface area contributed by atoms with E-state index in [4.69, 9.17) is 11.6 Å². The van der Waals surface area contributed by atoms with Crippen LogP contribution in [0.1, 0.15) is 0 Å². The Kier molecular flexibility index (Phi) is 4.56. The van der Waals surface area contributed by atoms with Crippen molar-refractivity contribution in [1.29, 1.82) is 0 Å². The molecule has 6 nitrogen and oxygen atoms in total. The van der Waals surface area contributed by atoms with Crippen molar-refractivity contribution in [2.75, 3.05) is 31.1 Å². The topological polar surface area (TPSA) is 55.2 Å². The lowest BCUT2D eigenvalue weighted by Gasteiger charge is -2.27. The molecule has 2 aromatic heterocycles. The van der Waals surface area contributed by atoms with Gasteiger partial charge in [-0.1, -0.05) is 11.6 Å². The number of benzene rings is 1. The van der Waals surface area contributed by atoms with Crippen LogP contribution in [0.15, 0.2) is 36.5 Å². The van der Waals surface area contributed by atoms with Gasteiger partial charge in [0.25, 0.3) is 0 Å². The molecular weight excluding hydrogens is 383 g/mol. The van der Waals surface area contributed by atoms with Crippen LogP contribution in [-0.4, -0.2) is 47.3 Å². The fourth-order valence-corrected chi connectivity index (χ4v) is 3.28. The molecule has 27 heavy (non-hydrogen) atoms. The van der Waals surface area contributed by atoms with E-state index in [1.165, 1.54) is 24.3 Å². The number of anilines is 1. The number of hydrogen-bond donors (Lipinski definition) is 1. The van der Waals surface area contributed by atoms with Crippen LogP contribution in [0.4, 0.5) is 19.0 Å². The zero-order valence-corrected chi connectivity index (χ0v) is 14.8. The summed E-state index contributed by atoms with van der Waals surface area (Å²) in [4.78, 5) is 6.49. The smallest absolute Gasteiger partial charge is 0.406 e. The number of hydrogen-bond acceptors (Lipinski definition) is 5. The molecule has 0 unspecified atom stereocenters. The summed E-state index contributed by atoms with van der Waals surface area (Å²) in [7, 11) is 0. The maximum absolute atomic E-state index is 12.4. The summed E-state index contributed by atoms with van der Waals surface area (Å²) < 4.78 is 42.6. The first kappa shape index (κ1) is 17.9. The standard InChI is InChI=1S/C17H15ClF3N5O/c18-13-5-6-23-15-14(13)16(25-9-7-22-8-10-25)24-26(15)11-1-3-12(4-2-11)27-17(19,20)21/h1-6,22H,7-10H2. The lowest BCUT2D eigenvalue weighted by Crippen LogP contribution is -2.43. The Labute approximate surface area is 157 Å². The van der Waals surface area contributed by atoms with Gasteiger partial charge in [0.1, 0.15) is 5.75 Å². The minimum absolute atomic E-state index is 0.295. The summed E-state index contributed by atoms with van der Waals surface area (Å²) in [5, 5.41) is 9.18. The summed E-state index contributed by atoms with van der Waals surface area (Å²) in [5.41, 5.74) is 1.10. The fourth-order valence-electron chi connectivity index (χ4n) is 3.05. The number of halogens is 4. The van der Waals surface area contributed by atoms with Gasteiger partial charge in [-0.15, -0.1) is 18.3 Å². The Morgan fingerprint density at radius 3 is 2.44 bits per heavy atom. The Bertz CT molecular complexity index is 952. The van der Waals surface area contributed by atoms with Gasteiger partial charge < -0.3 is 15.0 Å². The van der Waals surface area contributed by atoms with Gasteiger partial charge >= 0.3 is 6.36 Å². The van der Waals surface area contributed by atoms with E-state index in [2.05, 4.69) is 25.0 Å². The molecule has 142 valence electrons. The Morgan fingerprint density at radius 2 is 1.78 bits per heavy atom. The molecule has 1 fully saturated rings. The Balaban J connectivity index is 1.77. The summed E-state index contributed by atoms with van der Waals surface area (Å²) in [5.74, 6) is 0.413. The average molecular weight is 398 g/mol. The zero-order valence-electron chi connectivity index (χ0n) is 14.0. The van der Waals surface area contributed by atoms with Gasteiger partial charge in [0.05, 0.1) is 16.1 Å². The van der Waals surface area contributed by atoms with Gasteiger partial charge in [-0.25, -0.2) is 9.67 Å². The van der Waals surface area contributed by atoms with Crippen LogP contribution in [-0.2, 0) is 0 Å². The molecule has 0 aliphatic carbocycles. The molecule has 0 radical (unpaired) electrons. The SMILES string of the molecule is FC(F)(F)Oc1ccc(-n2nc(N3CCNCC3)c3c(Cl)ccnc32)cc1. The molecular formula is C17H15ClF3N5O.